The van der Waals surface area contributed by atoms with E-state index in [-0.39, 0.29) is 41.6 Å². The van der Waals surface area contributed by atoms with E-state index in [2.05, 4.69) is 20.4 Å². The van der Waals surface area contributed by atoms with E-state index in [1.165, 1.54) is 16.7 Å². The summed E-state index contributed by atoms with van der Waals surface area (Å²) < 4.78 is 16.0. The van der Waals surface area contributed by atoms with Crippen LogP contribution in [0.1, 0.15) is 60.3 Å². The van der Waals surface area contributed by atoms with Crippen molar-refractivity contribution >= 4 is 64.0 Å². The second-order valence-corrected chi connectivity index (χ2v) is 16.4. The molecule has 1 fully saturated rings. The summed E-state index contributed by atoms with van der Waals surface area (Å²) in [7, 11) is 0. The Morgan fingerprint density at radius 3 is 2.10 bits per heavy atom. The number of nitrogens with zero attached hydrogens (tertiary/aromatic N) is 4. The Kier molecular flexibility index (Phi) is 14.3. The molecule has 63 heavy (non-hydrogen) atoms. The highest BCUT2D eigenvalue weighted by atomic mass is 32.2. The summed E-state index contributed by atoms with van der Waals surface area (Å²) in [5.74, 6) is -1.80. The minimum Gasteiger partial charge on any atom is -0.457 e. The number of nitrogens with two attached hydrogens (primary N) is 1. The molecule has 0 unspecified atom stereocenters. The SMILES string of the molecule is CCC(CC)OC(=O)OCCOC(=O)C1=C(/C=C\c2cccnc2C)CS[C@H]2[C@H](NC(=O)C(=NOC(c3ccccc3)(c3ccccc3)c3ccccc3)c3csc(N)n3)C(=O)N12. The Bertz CT molecular complexity index is 2410. The number of amides is 2. The standard InChI is InChI=1S/C47H46N6O8S2/c1-4-36(5-2)60-46(57)59-27-26-58-44(56)40-32(24-23-31-16-15-25-49-30(31)3)28-62-43-39(42(55)53(40)43)51-41(54)38(37-29-63-45(48)50-37)52-61-47(33-17-9-6-10-18-33,34-19-11-7-12-20-34)35-21-13-8-14-22-35/h6-25,29,36,39,43H,4-5,26-28H2,1-3H3,(H2,48,50)(H,51,54)/b24-23-,52-38?/t39-,43+/m1/s1. The molecular formula is C47H46N6O8S2. The maximum Gasteiger partial charge on any atom is 0.508 e. The molecule has 0 bridgehead atoms. The molecule has 0 spiro atoms. The van der Waals surface area contributed by atoms with Crippen molar-refractivity contribution in [2.45, 2.75) is 56.7 Å². The molecule has 2 amide bonds. The Morgan fingerprint density at radius 2 is 1.52 bits per heavy atom. The lowest BCUT2D eigenvalue weighted by Crippen LogP contribution is -2.71. The van der Waals surface area contributed by atoms with Crippen LogP contribution in [0.3, 0.4) is 0 Å². The molecule has 3 aromatic carbocycles. The number of oxime groups is 1. The number of aromatic nitrogens is 2. The van der Waals surface area contributed by atoms with E-state index in [4.69, 9.17) is 24.8 Å². The number of allylic oxidation sites excluding steroid dienone is 1. The molecule has 2 aliphatic heterocycles. The van der Waals surface area contributed by atoms with Gasteiger partial charge < -0.3 is 30.1 Å². The number of esters is 1. The summed E-state index contributed by atoms with van der Waals surface area (Å²) in [6.45, 7) is 5.12. The molecule has 3 N–H and O–H groups in total. The molecule has 2 aliphatic rings. The van der Waals surface area contributed by atoms with Gasteiger partial charge in [-0.05, 0) is 37.0 Å². The molecule has 1 saturated heterocycles. The van der Waals surface area contributed by atoms with Gasteiger partial charge in [-0.2, -0.15) is 0 Å². The lowest BCUT2D eigenvalue weighted by atomic mass is 9.80. The van der Waals surface area contributed by atoms with Gasteiger partial charge in [0.25, 0.3) is 11.8 Å². The number of aryl methyl sites for hydroxylation is 1. The molecule has 324 valence electrons. The number of carbonyl (C=O) groups excluding carboxylic acids is 4. The number of pyridine rings is 1. The van der Waals surface area contributed by atoms with Gasteiger partial charge in [0, 0.05) is 39.7 Å². The van der Waals surface area contributed by atoms with Crippen LogP contribution in [0, 0.1) is 6.92 Å². The van der Waals surface area contributed by atoms with Gasteiger partial charge in [-0.1, -0.05) is 128 Å². The predicted molar refractivity (Wildman–Crippen MR) is 241 cm³/mol. The van der Waals surface area contributed by atoms with Crippen LogP contribution in [-0.2, 0) is 39.0 Å². The number of carbonyl (C=O) groups is 4. The average Bonchev–Trinajstić information content (AvgIpc) is 3.75. The fraction of sp³-hybridized carbons (Fsp3) is 0.255. The summed E-state index contributed by atoms with van der Waals surface area (Å²) in [6, 6.07) is 31.2. The quantitative estimate of drug-likeness (QED) is 0.0236. The van der Waals surface area contributed by atoms with E-state index in [1.54, 1.807) is 23.7 Å². The van der Waals surface area contributed by atoms with Crippen LogP contribution in [0.25, 0.3) is 6.08 Å². The predicted octanol–water partition coefficient (Wildman–Crippen LogP) is 7.39. The molecule has 4 heterocycles. The van der Waals surface area contributed by atoms with Gasteiger partial charge in [0.2, 0.25) is 5.60 Å². The summed E-state index contributed by atoms with van der Waals surface area (Å²) in [5, 5.41) is 8.51. The number of rotatable bonds is 17. The number of ether oxygens (including phenoxy) is 3. The van der Waals surface area contributed by atoms with E-state index in [0.717, 1.165) is 39.3 Å². The second kappa shape index (κ2) is 20.4. The summed E-state index contributed by atoms with van der Waals surface area (Å²) in [5.41, 5.74) is 9.03. The fourth-order valence-corrected chi connectivity index (χ4v) is 9.04. The maximum absolute atomic E-state index is 14.5. The zero-order valence-corrected chi connectivity index (χ0v) is 36.5. The summed E-state index contributed by atoms with van der Waals surface area (Å²) >= 11 is 2.49. The van der Waals surface area contributed by atoms with Crippen LogP contribution in [0.4, 0.5) is 9.93 Å². The first-order chi connectivity index (χ1) is 30.6. The van der Waals surface area contributed by atoms with Crippen molar-refractivity contribution in [3.05, 3.63) is 166 Å². The largest absolute Gasteiger partial charge is 0.508 e. The lowest BCUT2D eigenvalue weighted by Gasteiger charge is -2.49. The minimum atomic E-state index is -1.32. The number of benzene rings is 3. The molecule has 14 nitrogen and oxygen atoms in total. The van der Waals surface area contributed by atoms with Crippen LogP contribution < -0.4 is 11.1 Å². The van der Waals surface area contributed by atoms with Crippen LogP contribution in [0.5, 0.6) is 0 Å². The third kappa shape index (κ3) is 9.82. The van der Waals surface area contributed by atoms with Crippen molar-refractivity contribution < 1.29 is 38.2 Å². The Hall–Kier alpha value is -6.78. The van der Waals surface area contributed by atoms with Crippen molar-refractivity contribution in [3.8, 4) is 0 Å². The first-order valence-corrected chi connectivity index (χ1v) is 22.3. The lowest BCUT2D eigenvalue weighted by molar-refractivity contribution is -0.153. The minimum absolute atomic E-state index is 0.00881. The van der Waals surface area contributed by atoms with Crippen molar-refractivity contribution in [1.29, 1.82) is 0 Å². The molecule has 16 heteroatoms. The van der Waals surface area contributed by atoms with E-state index >= 15 is 0 Å². The third-order valence-electron chi connectivity index (χ3n) is 10.5. The molecule has 2 atom stereocenters. The van der Waals surface area contributed by atoms with Gasteiger partial charge in [-0.25, -0.2) is 14.6 Å². The zero-order chi connectivity index (χ0) is 44.3. The Morgan fingerprint density at radius 1 is 0.905 bits per heavy atom. The molecule has 0 radical (unpaired) electrons. The number of fused-ring (bicyclic) bond motifs is 1. The second-order valence-electron chi connectivity index (χ2n) is 14.4. The first-order valence-electron chi connectivity index (χ1n) is 20.4. The first kappa shape index (κ1) is 44.3. The Balaban J connectivity index is 1.16. The number of thioether (sulfide) groups is 1. The number of hydrogen-bond acceptors (Lipinski definition) is 14. The highest BCUT2D eigenvalue weighted by Crippen LogP contribution is 2.43. The van der Waals surface area contributed by atoms with Crippen LogP contribution in [-0.4, -0.2) is 81.0 Å². The topological polar surface area (TPSA) is 185 Å². The number of hydrogen-bond donors (Lipinski definition) is 2. The van der Waals surface area contributed by atoms with Gasteiger partial charge in [0.05, 0.1) is 0 Å². The van der Waals surface area contributed by atoms with E-state index in [9.17, 15) is 19.2 Å². The van der Waals surface area contributed by atoms with Gasteiger partial charge >= 0.3 is 12.1 Å². The molecule has 5 aromatic rings. The third-order valence-corrected chi connectivity index (χ3v) is 12.5. The monoisotopic (exact) mass is 886 g/mol. The number of nitrogen functional groups attached to an aromatic ring is 1. The highest BCUT2D eigenvalue weighted by molar-refractivity contribution is 8.00. The van der Waals surface area contributed by atoms with Crippen LogP contribution in [0.15, 0.2) is 137 Å². The van der Waals surface area contributed by atoms with Crippen molar-refractivity contribution in [1.82, 2.24) is 20.2 Å². The molecule has 2 aromatic heterocycles. The van der Waals surface area contributed by atoms with Crippen molar-refractivity contribution in [2.24, 2.45) is 5.16 Å². The van der Waals surface area contributed by atoms with E-state index in [0.29, 0.717) is 24.2 Å². The highest BCUT2D eigenvalue weighted by Gasteiger charge is 2.54. The number of nitrogens with one attached hydrogen (secondary N) is 1. The average molecular weight is 887 g/mol. The van der Waals surface area contributed by atoms with Crippen molar-refractivity contribution in [2.75, 3.05) is 24.7 Å². The van der Waals surface area contributed by atoms with E-state index < -0.39 is 41.0 Å². The Labute approximate surface area is 373 Å². The summed E-state index contributed by atoms with van der Waals surface area (Å²) in [6.07, 6.45) is 5.36. The maximum atomic E-state index is 14.5. The smallest absolute Gasteiger partial charge is 0.457 e. The van der Waals surface area contributed by atoms with E-state index in [1.807, 2.05) is 124 Å². The summed E-state index contributed by atoms with van der Waals surface area (Å²) in [4.78, 5) is 71.3. The number of β-lactam (4-membered cyclic amide) rings is 1. The molecular weight excluding hydrogens is 841 g/mol. The van der Waals surface area contributed by atoms with Gasteiger partial charge in [0.15, 0.2) is 10.8 Å². The van der Waals surface area contributed by atoms with Crippen molar-refractivity contribution in [3.63, 3.8) is 0 Å². The van der Waals surface area contributed by atoms with Gasteiger partial charge in [-0.15, -0.1) is 23.1 Å². The van der Waals surface area contributed by atoms with Gasteiger partial charge in [-0.3, -0.25) is 19.5 Å². The molecule has 7 rings (SSSR count). The number of thiazole rings is 1. The number of anilines is 1. The molecule has 0 saturated carbocycles. The van der Waals surface area contributed by atoms with Crippen LogP contribution in [0.2, 0.25) is 0 Å². The fourth-order valence-electron chi connectivity index (χ4n) is 7.18. The zero-order valence-electron chi connectivity index (χ0n) is 34.8. The molecule has 0 aliphatic carbocycles. The normalized spacial score (nSPS) is 16.3. The van der Waals surface area contributed by atoms with Gasteiger partial charge in [0.1, 0.15) is 42.1 Å². The van der Waals surface area contributed by atoms with Crippen LogP contribution >= 0.6 is 23.1 Å².